The van der Waals surface area contributed by atoms with Crippen LogP contribution < -0.4 is 0 Å². The first kappa shape index (κ1) is 15.7. The monoisotopic (exact) mass is 165 g/mol. The Kier molecular flexibility index (Phi) is 30.9. The van der Waals surface area contributed by atoms with Gasteiger partial charge in [0.05, 0.1) is 0 Å². The molecule has 0 aromatic heterocycles. The minimum absolute atomic E-state index is 0. The summed E-state index contributed by atoms with van der Waals surface area (Å²) in [5.41, 5.74) is 0. The summed E-state index contributed by atoms with van der Waals surface area (Å²) in [4.78, 5) is 9.37. The Labute approximate surface area is 58.9 Å². The fraction of sp³-hybridized carbons (Fsp3) is 0.750. The summed E-state index contributed by atoms with van der Waals surface area (Å²) in [6.45, 7) is 1.60. The SMILES string of the molecule is CCC(=O)O.CO.[Co]. The molecule has 0 heterocycles. The van der Waals surface area contributed by atoms with Crippen molar-refractivity contribution in [2.75, 3.05) is 7.11 Å². The molecule has 8 heavy (non-hydrogen) atoms. The number of carboxylic acid groups (broad SMARTS) is 1. The molecule has 0 saturated heterocycles. The zero-order valence-corrected chi connectivity index (χ0v) is 5.88. The Morgan fingerprint density at radius 3 is 1.62 bits per heavy atom. The molecule has 2 N–H and O–H groups in total. The van der Waals surface area contributed by atoms with E-state index in [2.05, 4.69) is 0 Å². The molecule has 4 heteroatoms. The summed E-state index contributed by atoms with van der Waals surface area (Å²) in [5, 5.41) is 14.7. The Hall–Kier alpha value is -0.0635. The van der Waals surface area contributed by atoms with Gasteiger partial charge < -0.3 is 10.2 Å². The van der Waals surface area contributed by atoms with E-state index >= 15 is 0 Å². The van der Waals surface area contributed by atoms with Gasteiger partial charge in [-0.2, -0.15) is 0 Å². The van der Waals surface area contributed by atoms with Crippen molar-refractivity contribution in [3.8, 4) is 0 Å². The zero-order chi connectivity index (χ0) is 6.28. The van der Waals surface area contributed by atoms with Gasteiger partial charge in [-0.15, -0.1) is 0 Å². The van der Waals surface area contributed by atoms with Gasteiger partial charge in [0.2, 0.25) is 0 Å². The van der Waals surface area contributed by atoms with E-state index in [4.69, 9.17) is 10.2 Å². The van der Waals surface area contributed by atoms with Gasteiger partial charge in [0, 0.05) is 30.3 Å². The fourth-order valence-electron chi connectivity index (χ4n) is 0. The largest absolute Gasteiger partial charge is 0.481 e. The molecule has 0 aliphatic rings. The number of rotatable bonds is 1. The summed E-state index contributed by atoms with van der Waals surface area (Å²) in [7, 11) is 1.00. The number of aliphatic hydroxyl groups excluding tert-OH is 1. The third-order valence-electron chi connectivity index (χ3n) is 0.302. The Morgan fingerprint density at radius 1 is 1.50 bits per heavy atom. The second kappa shape index (κ2) is 15.8. The molecule has 0 unspecified atom stereocenters. The molecule has 0 rings (SSSR count). The molecule has 1 radical (unpaired) electrons. The molecule has 0 spiro atoms. The van der Waals surface area contributed by atoms with Crippen LogP contribution in [0.5, 0.6) is 0 Å². The maximum Gasteiger partial charge on any atom is 0.303 e. The van der Waals surface area contributed by atoms with Crippen molar-refractivity contribution in [1.29, 1.82) is 0 Å². The second-order valence-corrected chi connectivity index (χ2v) is 0.747. The van der Waals surface area contributed by atoms with E-state index in [-0.39, 0.29) is 23.2 Å². The van der Waals surface area contributed by atoms with Crippen LogP contribution in [0.2, 0.25) is 0 Å². The molecule has 0 aromatic carbocycles. The molecule has 0 amide bonds. The molecule has 0 atom stereocenters. The topological polar surface area (TPSA) is 57.5 Å². The van der Waals surface area contributed by atoms with E-state index in [0.717, 1.165) is 7.11 Å². The minimum atomic E-state index is -0.745. The number of carboxylic acids is 1. The Balaban J connectivity index is -0.0000000750. The number of hydrogen-bond acceptors (Lipinski definition) is 2. The van der Waals surface area contributed by atoms with Crippen LogP contribution in [0.15, 0.2) is 0 Å². The van der Waals surface area contributed by atoms with Crippen molar-refractivity contribution in [3.63, 3.8) is 0 Å². The van der Waals surface area contributed by atoms with E-state index in [9.17, 15) is 4.79 Å². The first-order valence-electron chi connectivity index (χ1n) is 1.94. The molecule has 0 aromatic rings. The van der Waals surface area contributed by atoms with Crippen LogP contribution in [0.4, 0.5) is 0 Å². The number of aliphatic carboxylic acids is 1. The average molecular weight is 165 g/mol. The molecule has 3 nitrogen and oxygen atoms in total. The maximum atomic E-state index is 9.37. The molecule has 53 valence electrons. The Bertz CT molecular complexity index is 46.5. The van der Waals surface area contributed by atoms with Crippen molar-refractivity contribution in [2.24, 2.45) is 0 Å². The van der Waals surface area contributed by atoms with Gasteiger partial charge >= 0.3 is 5.97 Å². The zero-order valence-electron chi connectivity index (χ0n) is 4.84. The van der Waals surface area contributed by atoms with Crippen LogP contribution in [-0.2, 0) is 21.6 Å². The maximum absolute atomic E-state index is 9.37. The van der Waals surface area contributed by atoms with Crippen molar-refractivity contribution in [1.82, 2.24) is 0 Å². The number of carbonyl (C=O) groups is 1. The predicted octanol–water partition coefficient (Wildman–Crippen LogP) is 0.0870. The molecule has 0 bridgehead atoms. The van der Waals surface area contributed by atoms with E-state index in [1.807, 2.05) is 0 Å². The van der Waals surface area contributed by atoms with Crippen molar-refractivity contribution < 1.29 is 31.8 Å². The Morgan fingerprint density at radius 2 is 1.62 bits per heavy atom. The van der Waals surface area contributed by atoms with Crippen LogP contribution in [0.25, 0.3) is 0 Å². The molecule has 0 fully saturated rings. The fourth-order valence-corrected chi connectivity index (χ4v) is 0. The smallest absolute Gasteiger partial charge is 0.303 e. The van der Waals surface area contributed by atoms with Gasteiger partial charge in [-0.3, -0.25) is 4.79 Å². The van der Waals surface area contributed by atoms with E-state index < -0.39 is 5.97 Å². The summed E-state index contributed by atoms with van der Waals surface area (Å²) in [6, 6.07) is 0. The van der Waals surface area contributed by atoms with Gasteiger partial charge in [-0.25, -0.2) is 0 Å². The van der Waals surface area contributed by atoms with E-state index in [1.165, 1.54) is 0 Å². The quantitative estimate of drug-likeness (QED) is 0.578. The molecular formula is C4H10CoO3. The summed E-state index contributed by atoms with van der Waals surface area (Å²) < 4.78 is 0. The predicted molar refractivity (Wildman–Crippen MR) is 26.1 cm³/mol. The van der Waals surface area contributed by atoms with Crippen LogP contribution in [0, 0.1) is 0 Å². The van der Waals surface area contributed by atoms with Crippen LogP contribution in [0.3, 0.4) is 0 Å². The van der Waals surface area contributed by atoms with Gasteiger partial charge in [-0.05, 0) is 0 Å². The van der Waals surface area contributed by atoms with Crippen molar-refractivity contribution >= 4 is 5.97 Å². The van der Waals surface area contributed by atoms with Gasteiger partial charge in [0.1, 0.15) is 0 Å². The van der Waals surface area contributed by atoms with E-state index in [0.29, 0.717) is 0 Å². The standard InChI is InChI=1S/C3H6O2.CH4O.Co/c1-2-3(4)5;1-2;/h2H2,1H3,(H,4,5);2H,1H3;. The summed E-state index contributed by atoms with van der Waals surface area (Å²) >= 11 is 0. The minimum Gasteiger partial charge on any atom is -0.481 e. The molecular weight excluding hydrogens is 155 g/mol. The van der Waals surface area contributed by atoms with Crippen LogP contribution in [-0.4, -0.2) is 23.3 Å². The molecule has 0 aliphatic carbocycles. The van der Waals surface area contributed by atoms with Crippen molar-refractivity contribution in [3.05, 3.63) is 0 Å². The third-order valence-corrected chi connectivity index (χ3v) is 0.302. The molecule has 0 saturated carbocycles. The normalized spacial score (nSPS) is 5.38. The van der Waals surface area contributed by atoms with Crippen LogP contribution >= 0.6 is 0 Å². The summed E-state index contributed by atoms with van der Waals surface area (Å²) in [5.74, 6) is -0.745. The molecule has 0 aliphatic heterocycles. The summed E-state index contributed by atoms with van der Waals surface area (Å²) in [6.07, 6.45) is 0.222. The first-order valence-corrected chi connectivity index (χ1v) is 1.94. The van der Waals surface area contributed by atoms with Gasteiger partial charge in [-0.1, -0.05) is 6.92 Å². The van der Waals surface area contributed by atoms with Crippen LogP contribution in [0.1, 0.15) is 13.3 Å². The number of aliphatic hydroxyl groups is 1. The average Bonchev–Trinajstić information content (AvgIpc) is 1.73. The first-order chi connectivity index (χ1) is 3.27. The second-order valence-electron chi connectivity index (χ2n) is 0.747. The van der Waals surface area contributed by atoms with Crippen molar-refractivity contribution in [2.45, 2.75) is 13.3 Å². The van der Waals surface area contributed by atoms with E-state index in [1.54, 1.807) is 6.92 Å². The van der Waals surface area contributed by atoms with Gasteiger partial charge in [0.15, 0.2) is 0 Å². The number of hydrogen-bond donors (Lipinski definition) is 2. The van der Waals surface area contributed by atoms with Gasteiger partial charge in [0.25, 0.3) is 0 Å². The third kappa shape index (κ3) is 38.6.